The van der Waals surface area contributed by atoms with E-state index in [1.54, 1.807) is 14.2 Å². The van der Waals surface area contributed by atoms with Gasteiger partial charge >= 0.3 is 0 Å². The maximum absolute atomic E-state index is 13.4. The van der Waals surface area contributed by atoms with Crippen LogP contribution in [0.5, 0.6) is 11.5 Å². The van der Waals surface area contributed by atoms with Crippen molar-refractivity contribution in [2.75, 3.05) is 47.4 Å². The Bertz CT molecular complexity index is 1040. The highest BCUT2D eigenvalue weighted by Gasteiger charge is 2.24. The van der Waals surface area contributed by atoms with Crippen molar-refractivity contribution in [2.24, 2.45) is 0 Å². The Balaban J connectivity index is 1.80. The fraction of sp³-hybridized carbons (Fsp3) is 0.304. The molecule has 150 valence electrons. The summed E-state index contributed by atoms with van der Waals surface area (Å²) in [5, 5.41) is 0.882. The molecule has 0 radical (unpaired) electrons. The van der Waals surface area contributed by atoms with Crippen LogP contribution in [0.1, 0.15) is 10.4 Å². The lowest BCUT2D eigenvalue weighted by atomic mass is 10.0. The molecular weight excluding hydrogens is 366 g/mol. The second-order valence-corrected chi connectivity index (χ2v) is 7.39. The van der Waals surface area contributed by atoms with Gasteiger partial charge in [0, 0.05) is 10.9 Å². The van der Waals surface area contributed by atoms with Crippen LogP contribution in [0, 0.1) is 0 Å². The normalized spacial score (nSPS) is 14.8. The molecule has 0 unspecified atom stereocenters. The fourth-order valence-corrected chi connectivity index (χ4v) is 3.76. The molecule has 1 aliphatic heterocycles. The zero-order chi connectivity index (χ0) is 20.4. The minimum atomic E-state index is 0.0674. The monoisotopic (exact) mass is 392 g/mol. The van der Waals surface area contributed by atoms with Crippen molar-refractivity contribution in [3.05, 3.63) is 54.1 Å². The van der Waals surface area contributed by atoms with Crippen LogP contribution >= 0.6 is 0 Å². The van der Waals surface area contributed by atoms with Gasteiger partial charge in [-0.3, -0.25) is 4.79 Å². The van der Waals surface area contributed by atoms with Gasteiger partial charge < -0.3 is 19.3 Å². The molecule has 2 heterocycles. The molecule has 1 fully saturated rings. The third-order valence-corrected chi connectivity index (χ3v) is 5.53. The van der Waals surface area contributed by atoms with Gasteiger partial charge in [-0.2, -0.15) is 0 Å². The molecule has 1 aliphatic rings. The molecule has 1 aromatic heterocycles. The Hall–Kier alpha value is -3.12. The van der Waals surface area contributed by atoms with Crippen LogP contribution in [-0.4, -0.2) is 63.2 Å². The first kappa shape index (κ1) is 19.2. The van der Waals surface area contributed by atoms with Gasteiger partial charge in [-0.1, -0.05) is 18.2 Å². The van der Waals surface area contributed by atoms with Gasteiger partial charge in [0.25, 0.3) is 5.91 Å². The lowest BCUT2D eigenvalue weighted by molar-refractivity contribution is -0.883. The summed E-state index contributed by atoms with van der Waals surface area (Å²) in [6.45, 7) is 3.48. The van der Waals surface area contributed by atoms with Crippen molar-refractivity contribution >= 4 is 16.8 Å². The number of quaternary nitrogens is 1. The first-order valence-electron chi connectivity index (χ1n) is 9.83. The van der Waals surface area contributed by atoms with E-state index in [-0.39, 0.29) is 5.91 Å². The van der Waals surface area contributed by atoms with Gasteiger partial charge in [0.1, 0.15) is 0 Å². The summed E-state index contributed by atoms with van der Waals surface area (Å²) in [6, 6.07) is 15.4. The highest BCUT2D eigenvalue weighted by atomic mass is 16.5. The summed E-state index contributed by atoms with van der Waals surface area (Å²) in [7, 11) is 5.39. The molecule has 6 nitrogen and oxygen atoms in total. The van der Waals surface area contributed by atoms with E-state index in [0.717, 1.165) is 48.3 Å². The van der Waals surface area contributed by atoms with E-state index >= 15 is 0 Å². The largest absolute Gasteiger partial charge is 0.493 e. The van der Waals surface area contributed by atoms with Crippen LogP contribution in [0.3, 0.4) is 0 Å². The van der Waals surface area contributed by atoms with E-state index in [0.29, 0.717) is 17.1 Å². The van der Waals surface area contributed by atoms with Crippen LogP contribution in [0.2, 0.25) is 0 Å². The van der Waals surface area contributed by atoms with Gasteiger partial charge in [0.15, 0.2) is 11.5 Å². The van der Waals surface area contributed by atoms with E-state index in [2.05, 4.69) is 7.05 Å². The topological polar surface area (TPSA) is 56.1 Å². The molecule has 1 N–H and O–H groups in total. The second-order valence-electron chi connectivity index (χ2n) is 7.39. The molecule has 0 saturated carbocycles. The lowest BCUT2D eigenvalue weighted by Crippen LogP contribution is -3.12. The van der Waals surface area contributed by atoms with Crippen molar-refractivity contribution in [3.63, 3.8) is 0 Å². The molecule has 0 spiro atoms. The standard InChI is InChI=1S/C23H25N3O3/c1-25-10-12-26(13-11-25)23(27)18-15-20(24-19-7-5-4-6-17(18)19)16-8-9-21(28-2)22(14-16)29-3/h4-9,14-15H,10-13H2,1-3H3/p+1. The lowest BCUT2D eigenvalue weighted by Gasteiger charge is -2.30. The molecular formula is C23H26N3O3+. The Labute approximate surface area is 170 Å². The second kappa shape index (κ2) is 8.09. The van der Waals surface area contributed by atoms with Crippen LogP contribution < -0.4 is 14.4 Å². The molecule has 1 amide bonds. The average Bonchev–Trinajstić information content (AvgIpc) is 2.77. The number of aromatic nitrogens is 1. The predicted molar refractivity (Wildman–Crippen MR) is 113 cm³/mol. The Morgan fingerprint density at radius 2 is 1.72 bits per heavy atom. The van der Waals surface area contributed by atoms with Gasteiger partial charge in [-0.25, -0.2) is 4.98 Å². The highest BCUT2D eigenvalue weighted by Crippen LogP contribution is 2.33. The van der Waals surface area contributed by atoms with Gasteiger partial charge in [0.05, 0.1) is 64.2 Å². The van der Waals surface area contributed by atoms with Crippen molar-refractivity contribution in [3.8, 4) is 22.8 Å². The minimum Gasteiger partial charge on any atom is -0.493 e. The van der Waals surface area contributed by atoms with Crippen molar-refractivity contribution in [2.45, 2.75) is 0 Å². The number of rotatable bonds is 4. The third kappa shape index (κ3) is 3.76. The molecule has 3 aromatic rings. The third-order valence-electron chi connectivity index (χ3n) is 5.53. The number of carbonyl (C=O) groups excluding carboxylic acids is 1. The number of piperazine rings is 1. The number of likely N-dealkylation sites (N-methyl/N-ethyl adjacent to an activating group) is 1. The van der Waals surface area contributed by atoms with Crippen LogP contribution in [0.25, 0.3) is 22.2 Å². The fourth-order valence-electron chi connectivity index (χ4n) is 3.76. The molecule has 0 aliphatic carbocycles. The van der Waals surface area contributed by atoms with Gasteiger partial charge in [-0.05, 0) is 30.3 Å². The summed E-state index contributed by atoms with van der Waals surface area (Å²) in [5.74, 6) is 1.36. The smallest absolute Gasteiger partial charge is 0.255 e. The molecule has 4 rings (SSSR count). The Morgan fingerprint density at radius 3 is 2.45 bits per heavy atom. The van der Waals surface area contributed by atoms with E-state index in [1.165, 1.54) is 4.90 Å². The molecule has 0 bridgehead atoms. The minimum absolute atomic E-state index is 0.0674. The zero-order valence-corrected chi connectivity index (χ0v) is 17.1. The van der Waals surface area contributed by atoms with Crippen molar-refractivity contribution < 1.29 is 19.2 Å². The summed E-state index contributed by atoms with van der Waals surface area (Å²) in [5.41, 5.74) is 3.13. The molecule has 6 heteroatoms. The number of benzene rings is 2. The summed E-state index contributed by atoms with van der Waals surface area (Å²) in [6.07, 6.45) is 0. The first-order chi connectivity index (χ1) is 14.1. The zero-order valence-electron chi connectivity index (χ0n) is 17.1. The summed E-state index contributed by atoms with van der Waals surface area (Å²) < 4.78 is 10.8. The van der Waals surface area contributed by atoms with E-state index in [9.17, 15) is 4.79 Å². The van der Waals surface area contributed by atoms with Crippen LogP contribution in [-0.2, 0) is 0 Å². The highest BCUT2D eigenvalue weighted by molar-refractivity contribution is 6.07. The summed E-state index contributed by atoms with van der Waals surface area (Å²) >= 11 is 0. The molecule has 2 aromatic carbocycles. The number of carbonyl (C=O) groups is 1. The number of amides is 1. The number of pyridine rings is 1. The summed E-state index contributed by atoms with van der Waals surface area (Å²) in [4.78, 5) is 21.6. The molecule has 29 heavy (non-hydrogen) atoms. The Kier molecular flexibility index (Phi) is 5.36. The number of nitrogens with one attached hydrogen (secondary N) is 1. The van der Waals surface area contributed by atoms with Gasteiger partial charge in [-0.15, -0.1) is 0 Å². The predicted octanol–water partition coefficient (Wildman–Crippen LogP) is 1.89. The number of fused-ring (bicyclic) bond motifs is 1. The average molecular weight is 392 g/mol. The van der Waals surface area contributed by atoms with Crippen molar-refractivity contribution in [1.82, 2.24) is 9.88 Å². The molecule has 1 saturated heterocycles. The van der Waals surface area contributed by atoms with Gasteiger partial charge in [0.2, 0.25) is 0 Å². The number of hydrogen-bond donors (Lipinski definition) is 1. The number of para-hydroxylation sites is 1. The van der Waals surface area contributed by atoms with Crippen LogP contribution in [0.15, 0.2) is 48.5 Å². The SMILES string of the molecule is COc1ccc(-c2cc(C(=O)N3CC[NH+](C)CC3)c3ccccc3n2)cc1OC. The maximum atomic E-state index is 13.4. The van der Waals surface area contributed by atoms with E-state index in [1.807, 2.05) is 53.4 Å². The maximum Gasteiger partial charge on any atom is 0.255 e. The number of ether oxygens (including phenoxy) is 2. The Morgan fingerprint density at radius 1 is 1.00 bits per heavy atom. The quantitative estimate of drug-likeness (QED) is 0.737. The number of hydrogen-bond acceptors (Lipinski definition) is 4. The van der Waals surface area contributed by atoms with Crippen molar-refractivity contribution in [1.29, 1.82) is 0 Å². The van der Waals surface area contributed by atoms with E-state index in [4.69, 9.17) is 14.5 Å². The van der Waals surface area contributed by atoms with E-state index < -0.39 is 0 Å². The molecule has 0 atom stereocenters. The number of nitrogens with zero attached hydrogens (tertiary/aromatic N) is 2. The number of methoxy groups -OCH3 is 2. The van der Waals surface area contributed by atoms with Crippen LogP contribution in [0.4, 0.5) is 0 Å². The first-order valence-corrected chi connectivity index (χ1v) is 9.83.